The van der Waals surface area contributed by atoms with Crippen LogP contribution in [0.5, 0.6) is 5.75 Å². The van der Waals surface area contributed by atoms with E-state index in [-0.39, 0.29) is 0 Å². The van der Waals surface area contributed by atoms with Crippen LogP contribution in [0, 0.1) is 0 Å². The Labute approximate surface area is 112 Å². The van der Waals surface area contributed by atoms with E-state index in [2.05, 4.69) is 0 Å². The first-order valence-electron chi connectivity index (χ1n) is 5.20. The topological polar surface area (TPSA) is 20.2 Å². The highest BCUT2D eigenvalue weighted by Crippen LogP contribution is 2.53. The number of alkyl halides is 9. The van der Waals surface area contributed by atoms with Crippen molar-refractivity contribution >= 4 is 0 Å². The van der Waals surface area contributed by atoms with E-state index in [0.29, 0.717) is 12.1 Å². The summed E-state index contributed by atoms with van der Waals surface area (Å²) in [7, 11) is 0. The van der Waals surface area contributed by atoms with Crippen LogP contribution < -0.4 is 0 Å². The van der Waals surface area contributed by atoms with Crippen molar-refractivity contribution in [3.63, 3.8) is 0 Å². The Hall–Kier alpha value is -1.61. The summed E-state index contributed by atoms with van der Waals surface area (Å²) in [6, 6.07) is 2.99. The van der Waals surface area contributed by atoms with Crippen molar-refractivity contribution in [3.05, 3.63) is 29.8 Å². The predicted octanol–water partition coefficient (Wildman–Crippen LogP) is 4.40. The maximum atomic E-state index is 13.2. The molecule has 1 N–H and O–H groups in total. The second-order valence-corrected chi connectivity index (χ2v) is 4.19. The standard InChI is InChI=1S/C11H7F9O/c12-8(13,5-6-1-3-7(21)4-2-6)9(14,15)10(16,17)11(18,19)20/h1-4,21H,5H2. The molecule has 0 aliphatic carbocycles. The minimum Gasteiger partial charge on any atom is -0.508 e. The van der Waals surface area contributed by atoms with E-state index in [1.807, 2.05) is 0 Å². The van der Waals surface area contributed by atoms with Crippen LogP contribution >= 0.6 is 0 Å². The normalized spacial score (nSPS) is 14.3. The van der Waals surface area contributed by atoms with Gasteiger partial charge in [0.2, 0.25) is 0 Å². The van der Waals surface area contributed by atoms with E-state index >= 15 is 0 Å². The Kier molecular flexibility index (Phi) is 4.14. The molecule has 0 unspecified atom stereocenters. The van der Waals surface area contributed by atoms with Crippen molar-refractivity contribution in [2.75, 3.05) is 0 Å². The van der Waals surface area contributed by atoms with Gasteiger partial charge in [-0.15, -0.1) is 0 Å². The molecule has 1 aromatic rings. The lowest BCUT2D eigenvalue weighted by Crippen LogP contribution is -2.61. The molecule has 0 amide bonds. The molecule has 0 aromatic heterocycles. The van der Waals surface area contributed by atoms with Crippen molar-refractivity contribution in [1.29, 1.82) is 0 Å². The summed E-state index contributed by atoms with van der Waals surface area (Å²) in [5, 5.41) is 8.85. The third-order valence-corrected chi connectivity index (χ3v) is 2.57. The van der Waals surface area contributed by atoms with Crippen molar-refractivity contribution in [1.82, 2.24) is 0 Å². The first kappa shape index (κ1) is 17.4. The largest absolute Gasteiger partial charge is 0.508 e. The maximum Gasteiger partial charge on any atom is 0.460 e. The van der Waals surface area contributed by atoms with Gasteiger partial charge in [-0.05, 0) is 17.7 Å². The quantitative estimate of drug-likeness (QED) is 0.813. The third kappa shape index (κ3) is 3.03. The Morgan fingerprint density at radius 3 is 1.52 bits per heavy atom. The van der Waals surface area contributed by atoms with Gasteiger partial charge in [0, 0.05) is 6.42 Å². The van der Waals surface area contributed by atoms with Crippen LogP contribution in [0.1, 0.15) is 5.56 Å². The molecule has 0 fully saturated rings. The van der Waals surface area contributed by atoms with E-state index in [0.717, 1.165) is 12.1 Å². The zero-order valence-corrected chi connectivity index (χ0v) is 9.87. The van der Waals surface area contributed by atoms with Crippen molar-refractivity contribution < 1.29 is 44.6 Å². The van der Waals surface area contributed by atoms with Gasteiger partial charge in [0.15, 0.2) is 0 Å². The van der Waals surface area contributed by atoms with E-state index in [1.54, 1.807) is 0 Å². The Morgan fingerprint density at radius 1 is 0.714 bits per heavy atom. The highest BCUT2D eigenvalue weighted by Gasteiger charge is 2.81. The number of benzene rings is 1. The van der Waals surface area contributed by atoms with E-state index in [9.17, 15) is 39.5 Å². The molecule has 0 heterocycles. The maximum absolute atomic E-state index is 13.2. The summed E-state index contributed by atoms with van der Waals surface area (Å²) in [6.45, 7) is 0. The predicted molar refractivity (Wildman–Crippen MR) is 52.7 cm³/mol. The van der Waals surface area contributed by atoms with Crippen LogP contribution in [0.15, 0.2) is 24.3 Å². The molecule has 1 aromatic carbocycles. The number of hydrogen-bond donors (Lipinski definition) is 1. The van der Waals surface area contributed by atoms with Gasteiger partial charge in [-0.1, -0.05) is 12.1 Å². The van der Waals surface area contributed by atoms with Gasteiger partial charge in [0.1, 0.15) is 5.75 Å². The highest BCUT2D eigenvalue weighted by atomic mass is 19.4. The summed E-state index contributed by atoms with van der Waals surface area (Å²) in [6.07, 6.45) is -8.87. The molecule has 120 valence electrons. The molecule has 10 heteroatoms. The van der Waals surface area contributed by atoms with Gasteiger partial charge in [-0.25, -0.2) is 0 Å². The van der Waals surface area contributed by atoms with Gasteiger partial charge >= 0.3 is 23.9 Å². The molecule has 0 radical (unpaired) electrons. The number of phenols is 1. The Balaban J connectivity index is 3.12. The second-order valence-electron chi connectivity index (χ2n) is 4.19. The van der Waals surface area contributed by atoms with E-state index in [1.165, 1.54) is 0 Å². The number of rotatable bonds is 4. The average molecular weight is 326 g/mol. The summed E-state index contributed by atoms with van der Waals surface area (Å²) in [4.78, 5) is 0. The SMILES string of the molecule is Oc1ccc(CC(F)(F)C(F)(F)C(F)(F)C(F)(F)F)cc1. The van der Waals surface area contributed by atoms with Crippen LogP contribution in [0.2, 0.25) is 0 Å². The van der Waals surface area contributed by atoms with Gasteiger partial charge < -0.3 is 5.11 Å². The van der Waals surface area contributed by atoms with Crippen molar-refractivity contribution in [3.8, 4) is 5.75 Å². The molecule has 0 saturated heterocycles. The molecule has 0 saturated carbocycles. The number of hydrogen-bond acceptors (Lipinski definition) is 1. The number of aromatic hydroxyl groups is 1. The molecule has 21 heavy (non-hydrogen) atoms. The van der Waals surface area contributed by atoms with Crippen LogP contribution in [0.4, 0.5) is 39.5 Å². The molecule has 0 spiro atoms. The lowest BCUT2D eigenvalue weighted by Gasteiger charge is -2.33. The molecule has 1 rings (SSSR count). The molecular weight excluding hydrogens is 319 g/mol. The lowest BCUT2D eigenvalue weighted by atomic mass is 9.97. The monoisotopic (exact) mass is 326 g/mol. The fourth-order valence-corrected chi connectivity index (χ4v) is 1.39. The van der Waals surface area contributed by atoms with Crippen LogP contribution in [0.3, 0.4) is 0 Å². The average Bonchev–Trinajstić information content (AvgIpc) is 2.30. The Bertz CT molecular complexity index is 489. The minimum absolute atomic E-state index is 0.422. The Morgan fingerprint density at radius 2 is 1.14 bits per heavy atom. The molecule has 0 aliphatic rings. The zero-order valence-electron chi connectivity index (χ0n) is 9.87. The van der Waals surface area contributed by atoms with Crippen LogP contribution in [0.25, 0.3) is 0 Å². The first-order valence-corrected chi connectivity index (χ1v) is 5.20. The van der Waals surface area contributed by atoms with E-state index < -0.39 is 41.7 Å². The molecule has 0 atom stereocenters. The minimum atomic E-state index is -6.89. The van der Waals surface area contributed by atoms with Crippen molar-refractivity contribution in [2.45, 2.75) is 30.4 Å². The van der Waals surface area contributed by atoms with E-state index in [4.69, 9.17) is 5.11 Å². The fourth-order valence-electron chi connectivity index (χ4n) is 1.39. The van der Waals surface area contributed by atoms with Crippen LogP contribution in [-0.2, 0) is 6.42 Å². The summed E-state index contributed by atoms with van der Waals surface area (Å²) >= 11 is 0. The van der Waals surface area contributed by atoms with Gasteiger partial charge in [0.05, 0.1) is 0 Å². The summed E-state index contributed by atoms with van der Waals surface area (Å²) in [5.41, 5.74) is -0.643. The fraction of sp³-hybridized carbons (Fsp3) is 0.455. The second kappa shape index (κ2) is 4.99. The van der Waals surface area contributed by atoms with Gasteiger partial charge in [0.25, 0.3) is 0 Å². The van der Waals surface area contributed by atoms with Gasteiger partial charge in [-0.3, -0.25) is 0 Å². The highest BCUT2D eigenvalue weighted by molar-refractivity contribution is 5.27. The molecule has 1 nitrogen and oxygen atoms in total. The first-order chi connectivity index (χ1) is 9.22. The summed E-state index contributed by atoms with van der Waals surface area (Å²) in [5.74, 6) is -19.6. The lowest BCUT2D eigenvalue weighted by molar-refractivity contribution is -0.395. The zero-order chi connectivity index (χ0) is 16.7. The molecule has 0 bridgehead atoms. The van der Waals surface area contributed by atoms with Crippen molar-refractivity contribution in [2.24, 2.45) is 0 Å². The van der Waals surface area contributed by atoms with Crippen LogP contribution in [-0.4, -0.2) is 29.1 Å². The van der Waals surface area contributed by atoms with Gasteiger partial charge in [-0.2, -0.15) is 39.5 Å². The molecular formula is C11H7F9O. The number of halogens is 9. The smallest absolute Gasteiger partial charge is 0.460 e. The molecule has 0 aliphatic heterocycles. The summed E-state index contributed by atoms with van der Waals surface area (Å²) < 4.78 is 113. The number of phenolic OH excluding ortho intramolecular Hbond substituents is 1. The third-order valence-electron chi connectivity index (χ3n) is 2.57.